The molecule has 1 aliphatic heterocycles. The lowest BCUT2D eigenvalue weighted by atomic mass is 10.1. The van der Waals surface area contributed by atoms with E-state index in [2.05, 4.69) is 21.0 Å². The van der Waals surface area contributed by atoms with Crippen molar-refractivity contribution in [3.63, 3.8) is 0 Å². The molecule has 1 amide bonds. The maximum Gasteiger partial charge on any atom is 0.243 e. The molecule has 1 aromatic rings. The smallest absolute Gasteiger partial charge is 0.243 e. The van der Waals surface area contributed by atoms with Crippen molar-refractivity contribution < 1.29 is 4.79 Å². The quantitative estimate of drug-likeness (QED) is 0.870. The molecule has 1 atom stereocenters. The Balaban J connectivity index is 0.000000963. The average molecular weight is 260 g/mol. The van der Waals surface area contributed by atoms with Crippen LogP contribution in [0.2, 0.25) is 0 Å². The highest BCUT2D eigenvalue weighted by Gasteiger charge is 2.28. The molecule has 2 aliphatic rings. The van der Waals surface area contributed by atoms with Crippen LogP contribution in [-0.4, -0.2) is 23.5 Å². The number of carbonyl (C=O) groups is 1. The lowest BCUT2D eigenvalue weighted by Gasteiger charge is -2.25. The summed E-state index contributed by atoms with van der Waals surface area (Å²) in [5.74, 6) is 0.715. The van der Waals surface area contributed by atoms with E-state index in [0.29, 0.717) is 5.92 Å². The molecule has 4 nitrogen and oxygen atoms in total. The summed E-state index contributed by atoms with van der Waals surface area (Å²) >= 11 is 1.53. The van der Waals surface area contributed by atoms with Crippen molar-refractivity contribution in [2.24, 2.45) is 0 Å². The average Bonchev–Trinajstić information content (AvgIpc) is 2.86. The van der Waals surface area contributed by atoms with Crippen LogP contribution in [0.25, 0.3) is 0 Å². The molecule has 1 saturated heterocycles. The fourth-order valence-corrected chi connectivity index (χ4v) is 2.41. The van der Waals surface area contributed by atoms with Crippen LogP contribution in [0.4, 0.5) is 5.13 Å². The third-order valence-electron chi connectivity index (χ3n) is 2.89. The number of amides is 1. The normalized spacial score (nSPS) is 23.1. The lowest BCUT2D eigenvalue weighted by molar-refractivity contribution is -0.119. The fraction of sp³-hybridized carbons (Fsp3) is 0.600. The minimum Gasteiger partial charge on any atom is -0.306 e. The number of aromatic nitrogens is 1. The van der Waals surface area contributed by atoms with Crippen LogP contribution in [0.5, 0.6) is 0 Å². The number of nitrogens with zero attached hydrogens (tertiary/aromatic N) is 1. The van der Waals surface area contributed by atoms with E-state index >= 15 is 0 Å². The molecular formula is C10H14ClN3OS. The summed E-state index contributed by atoms with van der Waals surface area (Å²) in [6, 6.07) is -0.00160. The molecule has 3 rings (SSSR count). The number of halogens is 1. The molecule has 0 radical (unpaired) electrons. The van der Waals surface area contributed by atoms with Gasteiger partial charge in [0, 0.05) is 11.3 Å². The zero-order valence-corrected chi connectivity index (χ0v) is 10.4. The zero-order chi connectivity index (χ0) is 10.3. The Morgan fingerprint density at radius 1 is 1.50 bits per heavy atom. The predicted molar refractivity (Wildman–Crippen MR) is 66.4 cm³/mol. The van der Waals surface area contributed by atoms with Crippen LogP contribution < -0.4 is 10.6 Å². The van der Waals surface area contributed by atoms with Gasteiger partial charge in [0.1, 0.15) is 0 Å². The summed E-state index contributed by atoms with van der Waals surface area (Å²) in [4.78, 5) is 16.0. The van der Waals surface area contributed by atoms with Crippen molar-refractivity contribution in [3.8, 4) is 0 Å². The first-order valence-electron chi connectivity index (χ1n) is 5.32. The Morgan fingerprint density at radius 2 is 2.25 bits per heavy atom. The van der Waals surface area contributed by atoms with Gasteiger partial charge in [-0.3, -0.25) is 4.79 Å². The van der Waals surface area contributed by atoms with Crippen molar-refractivity contribution >= 4 is 34.8 Å². The number of rotatable bonds is 3. The Morgan fingerprint density at radius 3 is 2.81 bits per heavy atom. The third-order valence-corrected chi connectivity index (χ3v) is 3.66. The van der Waals surface area contributed by atoms with Gasteiger partial charge >= 0.3 is 0 Å². The summed E-state index contributed by atoms with van der Waals surface area (Å²) in [6.45, 7) is 0.948. The van der Waals surface area contributed by atoms with Gasteiger partial charge in [0.05, 0.1) is 11.7 Å². The Labute approximate surface area is 104 Å². The van der Waals surface area contributed by atoms with E-state index in [9.17, 15) is 4.79 Å². The van der Waals surface area contributed by atoms with E-state index in [4.69, 9.17) is 0 Å². The van der Waals surface area contributed by atoms with Crippen LogP contribution in [0.1, 0.15) is 30.9 Å². The number of hydrogen-bond donors (Lipinski definition) is 2. The highest BCUT2D eigenvalue weighted by Crippen LogP contribution is 2.40. The van der Waals surface area contributed by atoms with E-state index in [0.717, 1.165) is 23.8 Å². The Kier molecular flexibility index (Phi) is 3.47. The molecule has 2 N–H and O–H groups in total. The maximum atomic E-state index is 11.6. The van der Waals surface area contributed by atoms with Gasteiger partial charge < -0.3 is 10.6 Å². The molecule has 2 heterocycles. The molecule has 2 fully saturated rings. The fourth-order valence-electron chi connectivity index (χ4n) is 1.62. The Hall–Kier alpha value is -0.650. The second-order valence-electron chi connectivity index (χ2n) is 4.14. The highest BCUT2D eigenvalue weighted by molar-refractivity contribution is 7.13. The van der Waals surface area contributed by atoms with E-state index in [1.807, 2.05) is 0 Å². The van der Waals surface area contributed by atoms with E-state index < -0.39 is 0 Å². The summed E-state index contributed by atoms with van der Waals surface area (Å²) in [5, 5.41) is 8.73. The number of carbonyl (C=O) groups excluding carboxylic acids is 1. The summed E-state index contributed by atoms with van der Waals surface area (Å²) in [7, 11) is 0. The van der Waals surface area contributed by atoms with Gasteiger partial charge in [0.15, 0.2) is 5.13 Å². The van der Waals surface area contributed by atoms with Gasteiger partial charge in [-0.1, -0.05) is 0 Å². The highest BCUT2D eigenvalue weighted by atomic mass is 35.5. The van der Waals surface area contributed by atoms with Crippen molar-refractivity contribution in [3.05, 3.63) is 11.1 Å². The molecule has 16 heavy (non-hydrogen) atoms. The van der Waals surface area contributed by atoms with Gasteiger partial charge in [-0.05, 0) is 25.8 Å². The topological polar surface area (TPSA) is 54.0 Å². The van der Waals surface area contributed by atoms with E-state index in [1.165, 1.54) is 24.2 Å². The van der Waals surface area contributed by atoms with Crippen LogP contribution in [0, 0.1) is 0 Å². The minimum atomic E-state index is -0.00160. The molecular weight excluding hydrogens is 246 g/mol. The first-order chi connectivity index (χ1) is 7.33. The van der Waals surface area contributed by atoms with Crippen LogP contribution in [-0.2, 0) is 4.79 Å². The minimum absolute atomic E-state index is 0. The molecule has 0 aromatic carbocycles. The number of nitrogens with one attached hydrogen (secondary N) is 2. The van der Waals surface area contributed by atoms with Gasteiger partial charge in [0.25, 0.3) is 0 Å². The predicted octanol–water partition coefficient (Wildman–Crippen LogP) is 1.74. The molecule has 0 spiro atoms. The van der Waals surface area contributed by atoms with Crippen LogP contribution in [0.3, 0.4) is 0 Å². The Bertz CT molecular complexity index is 387. The van der Waals surface area contributed by atoms with Crippen LogP contribution >= 0.6 is 23.7 Å². The van der Waals surface area contributed by atoms with Gasteiger partial charge in [-0.15, -0.1) is 23.7 Å². The van der Waals surface area contributed by atoms with Crippen molar-refractivity contribution in [2.75, 3.05) is 11.9 Å². The van der Waals surface area contributed by atoms with E-state index in [1.54, 1.807) is 0 Å². The van der Waals surface area contributed by atoms with Crippen LogP contribution in [0.15, 0.2) is 5.38 Å². The molecule has 88 valence electrons. The SMILES string of the molecule is Cl.O=C(Nc1nc(C2CC2)cs1)[C@H]1CCN1. The lowest BCUT2D eigenvalue weighted by Crippen LogP contribution is -2.50. The van der Waals surface area contributed by atoms with Gasteiger partial charge in [0.2, 0.25) is 5.91 Å². The van der Waals surface area contributed by atoms with E-state index in [-0.39, 0.29) is 24.4 Å². The molecule has 1 aliphatic carbocycles. The first kappa shape index (κ1) is 11.8. The monoisotopic (exact) mass is 259 g/mol. The summed E-state index contributed by atoms with van der Waals surface area (Å²) in [5.41, 5.74) is 1.15. The van der Waals surface area contributed by atoms with Gasteiger partial charge in [-0.2, -0.15) is 0 Å². The van der Waals surface area contributed by atoms with Gasteiger partial charge in [-0.25, -0.2) is 4.98 Å². The second kappa shape index (κ2) is 4.69. The largest absolute Gasteiger partial charge is 0.306 e. The molecule has 6 heteroatoms. The standard InChI is InChI=1S/C10H13N3OS.ClH/c14-9(7-3-4-11-7)13-10-12-8(5-15-10)6-1-2-6;/h5-7,11H,1-4H2,(H,12,13,14);1H/t7-;/m1./s1. The molecule has 0 unspecified atom stereocenters. The number of hydrogen-bond acceptors (Lipinski definition) is 4. The first-order valence-corrected chi connectivity index (χ1v) is 6.20. The molecule has 1 aromatic heterocycles. The maximum absolute atomic E-state index is 11.6. The molecule has 0 bridgehead atoms. The van der Waals surface area contributed by atoms with Crippen molar-refractivity contribution in [1.82, 2.24) is 10.3 Å². The third kappa shape index (κ3) is 2.36. The molecule has 1 saturated carbocycles. The number of anilines is 1. The summed E-state index contributed by atoms with van der Waals surface area (Å²) < 4.78 is 0. The summed E-state index contributed by atoms with van der Waals surface area (Å²) in [6.07, 6.45) is 3.44. The van der Waals surface area contributed by atoms with Crippen molar-refractivity contribution in [2.45, 2.75) is 31.2 Å². The van der Waals surface area contributed by atoms with Crippen molar-refractivity contribution in [1.29, 1.82) is 0 Å². The second-order valence-corrected chi connectivity index (χ2v) is 4.99. The number of thiazole rings is 1. The zero-order valence-electron chi connectivity index (χ0n) is 8.73.